The fraction of sp³-hybridized carbons (Fsp3) is 0.500. The van der Waals surface area contributed by atoms with Crippen molar-refractivity contribution in [3.05, 3.63) is 41.9 Å². The van der Waals surface area contributed by atoms with Crippen molar-refractivity contribution in [2.24, 2.45) is 12.0 Å². The fourth-order valence-corrected chi connectivity index (χ4v) is 2.33. The van der Waals surface area contributed by atoms with Crippen molar-refractivity contribution in [3.8, 4) is 5.88 Å². The van der Waals surface area contributed by atoms with Gasteiger partial charge in [-0.25, -0.2) is 9.98 Å². The smallest absolute Gasteiger partial charge is 0.213 e. The normalized spacial score (nSPS) is 11.0. The number of ether oxygens (including phenoxy) is 1. The molecule has 0 unspecified atom stereocenters. The largest absolute Gasteiger partial charge is 0.478 e. The molecule has 2 aromatic rings. The average Bonchev–Trinajstić information content (AvgIpc) is 3.02. The lowest BCUT2D eigenvalue weighted by Gasteiger charge is -2.21. The molecule has 0 aliphatic carbocycles. The summed E-state index contributed by atoms with van der Waals surface area (Å²) in [5.41, 5.74) is 2.20. The van der Waals surface area contributed by atoms with E-state index in [1.54, 1.807) is 4.68 Å². The van der Waals surface area contributed by atoms with Crippen LogP contribution in [0.3, 0.4) is 0 Å². The zero-order chi connectivity index (χ0) is 18.1. The van der Waals surface area contributed by atoms with Gasteiger partial charge in [-0.3, -0.25) is 4.68 Å². The molecule has 0 aliphatic rings. The van der Waals surface area contributed by atoms with E-state index in [1.807, 2.05) is 44.8 Å². The first-order chi connectivity index (χ1) is 12.1. The lowest BCUT2D eigenvalue weighted by atomic mass is 10.3. The van der Waals surface area contributed by atoms with E-state index in [9.17, 15) is 0 Å². The summed E-state index contributed by atoms with van der Waals surface area (Å²) < 4.78 is 7.31. The summed E-state index contributed by atoms with van der Waals surface area (Å²) in [6.07, 6.45) is 6.68. The highest BCUT2D eigenvalue weighted by Gasteiger charge is 2.08. The number of aliphatic imine (C=N–C) groups is 1. The van der Waals surface area contributed by atoms with Crippen LogP contribution in [0.15, 0.2) is 35.7 Å². The van der Waals surface area contributed by atoms with Crippen LogP contribution in [0.1, 0.15) is 31.4 Å². The summed E-state index contributed by atoms with van der Waals surface area (Å²) in [7, 11) is 3.94. The number of nitrogens with one attached hydrogen (secondary N) is 1. The number of nitrogens with zero attached hydrogens (tertiary/aromatic N) is 5. The number of hydrogen-bond donors (Lipinski definition) is 1. The van der Waals surface area contributed by atoms with Crippen molar-refractivity contribution in [2.45, 2.75) is 33.4 Å². The number of aryl methyl sites for hydroxylation is 1. The van der Waals surface area contributed by atoms with Gasteiger partial charge in [-0.05, 0) is 18.9 Å². The van der Waals surface area contributed by atoms with Gasteiger partial charge in [0.05, 0.1) is 19.3 Å². The summed E-state index contributed by atoms with van der Waals surface area (Å²) in [6, 6.07) is 3.90. The van der Waals surface area contributed by atoms with Gasteiger partial charge in [0.25, 0.3) is 0 Å². The summed E-state index contributed by atoms with van der Waals surface area (Å²) >= 11 is 0. The van der Waals surface area contributed by atoms with E-state index < -0.39 is 0 Å². The minimum atomic E-state index is 0. The van der Waals surface area contributed by atoms with E-state index in [-0.39, 0.29) is 24.0 Å². The number of rotatable bonds is 8. The Labute approximate surface area is 172 Å². The number of aromatic nitrogens is 3. The number of pyridine rings is 1. The lowest BCUT2D eigenvalue weighted by molar-refractivity contribution is 0.305. The quantitative estimate of drug-likeness (QED) is 0.364. The molecule has 1 N–H and O–H groups in total. The molecule has 0 spiro atoms. The molecule has 2 aromatic heterocycles. The van der Waals surface area contributed by atoms with Crippen molar-refractivity contribution in [1.82, 2.24) is 25.0 Å². The molecule has 2 rings (SSSR count). The summed E-state index contributed by atoms with van der Waals surface area (Å²) in [5, 5.41) is 7.53. The Morgan fingerprint density at radius 1 is 1.27 bits per heavy atom. The van der Waals surface area contributed by atoms with Crippen molar-refractivity contribution in [3.63, 3.8) is 0 Å². The predicted molar refractivity (Wildman–Crippen MR) is 115 cm³/mol. The van der Waals surface area contributed by atoms with Crippen molar-refractivity contribution in [2.75, 3.05) is 20.2 Å². The molecule has 7 nitrogen and oxygen atoms in total. The van der Waals surface area contributed by atoms with Gasteiger partial charge in [-0.1, -0.05) is 13.0 Å². The van der Waals surface area contributed by atoms with Gasteiger partial charge >= 0.3 is 0 Å². The number of hydrogen-bond acceptors (Lipinski definition) is 4. The van der Waals surface area contributed by atoms with Gasteiger partial charge in [-0.15, -0.1) is 24.0 Å². The Kier molecular flexibility index (Phi) is 10.0. The summed E-state index contributed by atoms with van der Waals surface area (Å²) in [6.45, 7) is 6.97. The van der Waals surface area contributed by atoms with E-state index in [0.29, 0.717) is 19.0 Å². The van der Waals surface area contributed by atoms with Crippen LogP contribution in [-0.2, 0) is 20.1 Å². The molecule has 2 heterocycles. The van der Waals surface area contributed by atoms with Crippen LogP contribution in [0, 0.1) is 0 Å². The highest BCUT2D eigenvalue weighted by Crippen LogP contribution is 2.09. The molecule has 26 heavy (non-hydrogen) atoms. The van der Waals surface area contributed by atoms with Gasteiger partial charge in [-0.2, -0.15) is 5.10 Å². The Bertz CT molecular complexity index is 671. The molecule has 0 fully saturated rings. The highest BCUT2D eigenvalue weighted by molar-refractivity contribution is 14.0. The minimum absolute atomic E-state index is 0. The Morgan fingerprint density at radius 2 is 2.08 bits per heavy atom. The number of guanidine groups is 1. The molecule has 0 saturated heterocycles. The monoisotopic (exact) mass is 472 g/mol. The van der Waals surface area contributed by atoms with Crippen LogP contribution in [0.25, 0.3) is 0 Å². The van der Waals surface area contributed by atoms with Crippen molar-refractivity contribution < 1.29 is 4.74 Å². The fourth-order valence-electron chi connectivity index (χ4n) is 2.33. The molecule has 0 saturated carbocycles. The Morgan fingerprint density at radius 3 is 2.65 bits per heavy atom. The van der Waals surface area contributed by atoms with E-state index >= 15 is 0 Å². The van der Waals surface area contributed by atoms with Gasteiger partial charge in [0.15, 0.2) is 5.96 Å². The molecule has 0 aliphatic heterocycles. The average molecular weight is 472 g/mol. The second-order valence-corrected chi connectivity index (χ2v) is 5.90. The van der Waals surface area contributed by atoms with E-state index in [4.69, 9.17) is 9.73 Å². The van der Waals surface area contributed by atoms with Crippen LogP contribution < -0.4 is 10.1 Å². The molecule has 144 valence electrons. The SMILES string of the molecule is CCCOc1ccc(CN=C(NCC)N(C)Cc2cnn(C)c2)cn1.I. The second kappa shape index (κ2) is 11.7. The van der Waals surface area contributed by atoms with E-state index in [2.05, 4.69) is 34.1 Å². The molecule has 0 bridgehead atoms. The number of halogens is 1. The van der Waals surface area contributed by atoms with E-state index in [1.165, 1.54) is 0 Å². The van der Waals surface area contributed by atoms with Crippen LogP contribution in [0.4, 0.5) is 0 Å². The van der Waals surface area contributed by atoms with Crippen molar-refractivity contribution >= 4 is 29.9 Å². The second-order valence-electron chi connectivity index (χ2n) is 5.90. The third-order valence-corrected chi connectivity index (χ3v) is 3.54. The van der Waals surface area contributed by atoms with Crippen LogP contribution >= 0.6 is 24.0 Å². The van der Waals surface area contributed by atoms with Crippen LogP contribution in [0.5, 0.6) is 5.88 Å². The maximum Gasteiger partial charge on any atom is 0.213 e. The zero-order valence-electron chi connectivity index (χ0n) is 16.0. The maximum atomic E-state index is 5.51. The molecule has 0 amide bonds. The zero-order valence-corrected chi connectivity index (χ0v) is 18.3. The van der Waals surface area contributed by atoms with Crippen LogP contribution in [0.2, 0.25) is 0 Å². The lowest BCUT2D eigenvalue weighted by Crippen LogP contribution is -2.38. The van der Waals surface area contributed by atoms with Crippen LogP contribution in [-0.4, -0.2) is 45.8 Å². The highest BCUT2D eigenvalue weighted by atomic mass is 127. The molecule has 0 atom stereocenters. The standard InChI is InChI=1S/C18H28N6O.HI/c1-5-9-25-17-8-7-15(10-20-17)11-21-18(19-6-2)23(3)13-16-12-22-24(4)14-16;/h7-8,10,12,14H,5-6,9,11,13H2,1-4H3,(H,19,21);1H. The van der Waals surface area contributed by atoms with Gasteiger partial charge in [0.2, 0.25) is 5.88 Å². The summed E-state index contributed by atoms with van der Waals surface area (Å²) in [4.78, 5) is 11.1. The van der Waals surface area contributed by atoms with Gasteiger partial charge in [0.1, 0.15) is 0 Å². The minimum Gasteiger partial charge on any atom is -0.478 e. The van der Waals surface area contributed by atoms with Gasteiger partial charge in [0, 0.05) is 51.2 Å². The molecular weight excluding hydrogens is 443 g/mol. The first-order valence-electron chi connectivity index (χ1n) is 8.67. The maximum absolute atomic E-state index is 5.51. The molecule has 0 aromatic carbocycles. The van der Waals surface area contributed by atoms with E-state index in [0.717, 1.165) is 36.6 Å². The predicted octanol–water partition coefficient (Wildman–Crippen LogP) is 2.82. The Balaban J connectivity index is 0.00000338. The molecule has 8 heteroatoms. The Hall–Kier alpha value is -1.84. The molecular formula is C18H29IN6O. The first-order valence-corrected chi connectivity index (χ1v) is 8.67. The first kappa shape index (κ1) is 22.2. The molecule has 0 radical (unpaired) electrons. The van der Waals surface area contributed by atoms with Gasteiger partial charge < -0.3 is 15.0 Å². The topological polar surface area (TPSA) is 67.6 Å². The third kappa shape index (κ3) is 7.19. The third-order valence-electron chi connectivity index (χ3n) is 3.54. The van der Waals surface area contributed by atoms with Crippen molar-refractivity contribution in [1.29, 1.82) is 0 Å². The summed E-state index contributed by atoms with van der Waals surface area (Å²) in [5.74, 6) is 1.52.